The molecule has 1 aromatic rings. The highest BCUT2D eigenvalue weighted by Gasteiger charge is 2.39. The zero-order chi connectivity index (χ0) is 24.1. The number of amides is 2. The zero-order valence-corrected chi connectivity index (χ0v) is 21.6. The third kappa shape index (κ3) is 6.58. The topological polar surface area (TPSA) is 70.5 Å². The molecule has 7 nitrogen and oxygen atoms in total. The molecule has 2 aliphatic heterocycles. The molecule has 7 heteroatoms. The highest BCUT2D eigenvalue weighted by Crippen LogP contribution is 2.25. The Labute approximate surface area is 200 Å². The van der Waals surface area contributed by atoms with Crippen LogP contribution >= 0.6 is 0 Å². The number of piperidine rings is 1. The third-order valence-electron chi connectivity index (χ3n) is 7.09. The van der Waals surface area contributed by atoms with Gasteiger partial charge < -0.3 is 19.7 Å². The molecule has 0 aromatic carbocycles. The van der Waals surface area contributed by atoms with Crippen LogP contribution in [0.2, 0.25) is 0 Å². The molecule has 0 bridgehead atoms. The first-order valence-electron chi connectivity index (χ1n) is 13.0. The summed E-state index contributed by atoms with van der Waals surface area (Å²) in [5, 5.41) is 3.37. The average Bonchev–Trinajstić information content (AvgIpc) is 3.22. The maximum Gasteiger partial charge on any atom is 0.245 e. The Morgan fingerprint density at radius 1 is 1.09 bits per heavy atom. The van der Waals surface area contributed by atoms with Crippen molar-refractivity contribution in [2.75, 3.05) is 26.2 Å². The van der Waals surface area contributed by atoms with Crippen LogP contribution in [0.5, 0.6) is 0 Å². The highest BCUT2D eigenvalue weighted by molar-refractivity contribution is 5.90. The molecular formula is C26H45N5O2. The van der Waals surface area contributed by atoms with Crippen molar-refractivity contribution < 1.29 is 9.59 Å². The zero-order valence-electron chi connectivity index (χ0n) is 21.6. The van der Waals surface area contributed by atoms with E-state index in [1.54, 1.807) is 0 Å². The first-order valence-corrected chi connectivity index (χ1v) is 13.0. The van der Waals surface area contributed by atoms with Crippen LogP contribution in [0, 0.1) is 17.8 Å². The monoisotopic (exact) mass is 459 g/mol. The molecule has 2 fully saturated rings. The number of piperazine rings is 1. The maximum atomic E-state index is 13.7. The van der Waals surface area contributed by atoms with Crippen molar-refractivity contribution in [3.05, 3.63) is 18.2 Å². The lowest BCUT2D eigenvalue weighted by atomic mass is 9.91. The molecule has 0 aliphatic carbocycles. The van der Waals surface area contributed by atoms with Gasteiger partial charge in [-0.05, 0) is 57.3 Å². The van der Waals surface area contributed by atoms with Crippen molar-refractivity contribution in [1.29, 1.82) is 0 Å². The van der Waals surface area contributed by atoms with E-state index >= 15 is 0 Å². The van der Waals surface area contributed by atoms with Crippen LogP contribution < -0.4 is 5.32 Å². The molecule has 186 valence electrons. The van der Waals surface area contributed by atoms with E-state index in [2.05, 4.69) is 62.6 Å². The van der Waals surface area contributed by atoms with Crippen LogP contribution in [0.25, 0.3) is 0 Å². The van der Waals surface area contributed by atoms with Crippen molar-refractivity contribution in [3.63, 3.8) is 0 Å². The molecule has 2 amide bonds. The van der Waals surface area contributed by atoms with Gasteiger partial charge in [-0.15, -0.1) is 0 Å². The minimum absolute atomic E-state index is 0.101. The van der Waals surface area contributed by atoms with Crippen molar-refractivity contribution in [2.45, 2.75) is 91.8 Å². The van der Waals surface area contributed by atoms with E-state index in [0.29, 0.717) is 30.3 Å². The van der Waals surface area contributed by atoms with E-state index in [0.717, 1.165) is 57.6 Å². The van der Waals surface area contributed by atoms with Gasteiger partial charge in [0.15, 0.2) is 0 Å². The predicted octanol–water partition coefficient (Wildman–Crippen LogP) is 3.51. The van der Waals surface area contributed by atoms with Crippen molar-refractivity contribution in [3.8, 4) is 0 Å². The van der Waals surface area contributed by atoms with Crippen molar-refractivity contribution in [1.82, 2.24) is 24.7 Å². The summed E-state index contributed by atoms with van der Waals surface area (Å²) >= 11 is 0. The largest absolute Gasteiger partial charge is 0.341 e. The van der Waals surface area contributed by atoms with Gasteiger partial charge in [-0.3, -0.25) is 9.59 Å². The van der Waals surface area contributed by atoms with Crippen LogP contribution in [-0.2, 0) is 16.0 Å². The van der Waals surface area contributed by atoms with E-state index in [4.69, 9.17) is 0 Å². The number of aromatic nitrogens is 2. The second-order valence-corrected chi connectivity index (χ2v) is 11.1. The molecule has 0 radical (unpaired) electrons. The Hall–Kier alpha value is -1.89. The van der Waals surface area contributed by atoms with E-state index in [1.807, 2.05) is 16.0 Å². The lowest BCUT2D eigenvalue weighted by Crippen LogP contribution is -2.62. The fourth-order valence-electron chi connectivity index (χ4n) is 5.33. The van der Waals surface area contributed by atoms with E-state index in [-0.39, 0.29) is 23.9 Å². The summed E-state index contributed by atoms with van der Waals surface area (Å²) in [5.41, 5.74) is 0. The number of hydrogen-bond acceptors (Lipinski definition) is 4. The van der Waals surface area contributed by atoms with Gasteiger partial charge in [0, 0.05) is 51.0 Å². The standard InChI is InChI=1S/C26H45N5O2/c1-18(2)15-22-25(32)31(14-9-27-22)23(16-19(3)4)26(33)29-11-7-21(8-12-29)17-24-28-10-13-30(24)20(5)6/h10,13,18-23,27H,7-9,11-12,14-17H2,1-6H3/t22-,23-/m0/s1. The first-order chi connectivity index (χ1) is 15.7. The lowest BCUT2D eigenvalue weighted by Gasteiger charge is -2.42. The van der Waals surface area contributed by atoms with Gasteiger partial charge in [-0.2, -0.15) is 0 Å². The molecule has 0 saturated carbocycles. The van der Waals surface area contributed by atoms with Crippen LogP contribution in [0.4, 0.5) is 0 Å². The number of hydrogen-bond donors (Lipinski definition) is 1. The number of nitrogens with zero attached hydrogens (tertiary/aromatic N) is 4. The second kappa shape index (κ2) is 11.5. The fourth-order valence-corrected chi connectivity index (χ4v) is 5.33. The Morgan fingerprint density at radius 3 is 2.39 bits per heavy atom. The number of nitrogens with one attached hydrogen (secondary N) is 1. The molecule has 3 heterocycles. The van der Waals surface area contributed by atoms with E-state index in [1.165, 1.54) is 0 Å². The minimum Gasteiger partial charge on any atom is -0.341 e. The van der Waals surface area contributed by atoms with Gasteiger partial charge in [-0.25, -0.2) is 4.98 Å². The molecule has 1 aromatic heterocycles. The van der Waals surface area contributed by atoms with Gasteiger partial charge in [0.25, 0.3) is 0 Å². The molecular weight excluding hydrogens is 414 g/mol. The first kappa shape index (κ1) is 25.7. The van der Waals surface area contributed by atoms with Crippen molar-refractivity contribution >= 4 is 11.8 Å². The third-order valence-corrected chi connectivity index (χ3v) is 7.09. The molecule has 2 aliphatic rings. The van der Waals surface area contributed by atoms with Crippen LogP contribution in [0.15, 0.2) is 12.4 Å². The van der Waals surface area contributed by atoms with Gasteiger partial charge in [0.2, 0.25) is 11.8 Å². The van der Waals surface area contributed by atoms with Gasteiger partial charge >= 0.3 is 0 Å². The fraction of sp³-hybridized carbons (Fsp3) is 0.808. The van der Waals surface area contributed by atoms with Gasteiger partial charge in [0.05, 0.1) is 6.04 Å². The van der Waals surface area contributed by atoms with Crippen molar-refractivity contribution in [2.24, 2.45) is 17.8 Å². The maximum absolute atomic E-state index is 13.7. The molecule has 0 spiro atoms. The number of carbonyl (C=O) groups excluding carboxylic acids is 2. The molecule has 2 atom stereocenters. The average molecular weight is 460 g/mol. The number of imidazole rings is 1. The number of carbonyl (C=O) groups is 2. The summed E-state index contributed by atoms with van der Waals surface area (Å²) in [7, 11) is 0. The Balaban J connectivity index is 1.63. The van der Waals surface area contributed by atoms with Crippen LogP contribution in [-0.4, -0.2) is 69.4 Å². The molecule has 0 unspecified atom stereocenters. The minimum atomic E-state index is -0.342. The summed E-state index contributed by atoms with van der Waals surface area (Å²) in [5.74, 6) is 2.74. The summed E-state index contributed by atoms with van der Waals surface area (Å²) < 4.78 is 2.25. The molecule has 3 rings (SSSR count). The van der Waals surface area contributed by atoms with Crippen LogP contribution in [0.1, 0.15) is 79.1 Å². The summed E-state index contributed by atoms with van der Waals surface area (Å²) in [6.45, 7) is 15.9. The quantitative estimate of drug-likeness (QED) is 0.614. The Kier molecular flexibility index (Phi) is 8.96. The molecule has 2 saturated heterocycles. The smallest absolute Gasteiger partial charge is 0.245 e. The normalized spacial score (nSPS) is 21.5. The van der Waals surface area contributed by atoms with Gasteiger partial charge in [0.1, 0.15) is 11.9 Å². The SMILES string of the molecule is CC(C)C[C@@H]1NCCN([C@@H](CC(C)C)C(=O)N2CCC(Cc3nccn3C(C)C)CC2)C1=O. The number of rotatable bonds is 9. The summed E-state index contributed by atoms with van der Waals surface area (Å²) in [6.07, 6.45) is 8.46. The Bertz CT molecular complexity index is 779. The lowest BCUT2D eigenvalue weighted by molar-refractivity contribution is -0.150. The Morgan fingerprint density at radius 2 is 1.79 bits per heavy atom. The number of likely N-dealkylation sites (tertiary alicyclic amines) is 1. The van der Waals surface area contributed by atoms with Gasteiger partial charge in [-0.1, -0.05) is 27.7 Å². The van der Waals surface area contributed by atoms with E-state index in [9.17, 15) is 9.59 Å². The molecule has 33 heavy (non-hydrogen) atoms. The predicted molar refractivity (Wildman–Crippen MR) is 132 cm³/mol. The summed E-state index contributed by atoms with van der Waals surface area (Å²) in [6, 6.07) is -0.0978. The second-order valence-electron chi connectivity index (χ2n) is 11.1. The van der Waals surface area contributed by atoms with Crippen LogP contribution in [0.3, 0.4) is 0 Å². The van der Waals surface area contributed by atoms with E-state index < -0.39 is 0 Å². The summed E-state index contributed by atoms with van der Waals surface area (Å²) in [4.78, 5) is 35.4. The highest BCUT2D eigenvalue weighted by atomic mass is 16.2. The molecule has 1 N–H and O–H groups in total.